The Labute approximate surface area is 104 Å². The van der Waals surface area contributed by atoms with E-state index in [4.69, 9.17) is 0 Å². The molecule has 87 valence electrons. The lowest BCUT2D eigenvalue weighted by molar-refractivity contribution is -0.142. The Balaban J connectivity index is 2.32. The SMILES string of the molecule is [O]C(=O)Cc1cccc2cc3ccccc3cc12. The lowest BCUT2D eigenvalue weighted by Gasteiger charge is -2.06. The van der Waals surface area contributed by atoms with Gasteiger partial charge in [-0.1, -0.05) is 42.5 Å². The summed E-state index contributed by atoms with van der Waals surface area (Å²) in [7, 11) is 0. The molecular weight excluding hydrogens is 224 g/mol. The van der Waals surface area contributed by atoms with Crippen molar-refractivity contribution in [1.82, 2.24) is 0 Å². The van der Waals surface area contributed by atoms with Crippen molar-refractivity contribution in [2.75, 3.05) is 0 Å². The van der Waals surface area contributed by atoms with E-state index in [-0.39, 0.29) is 6.42 Å². The minimum absolute atomic E-state index is 0.0460. The molecule has 0 aliphatic rings. The molecule has 0 N–H and O–H groups in total. The highest BCUT2D eigenvalue weighted by Gasteiger charge is 2.07. The molecular formula is C16H11O2. The Bertz CT molecular complexity index is 744. The van der Waals surface area contributed by atoms with E-state index in [0.29, 0.717) is 0 Å². The van der Waals surface area contributed by atoms with Crippen LogP contribution in [0.15, 0.2) is 54.6 Å². The molecule has 0 aliphatic heterocycles. The predicted molar refractivity (Wildman–Crippen MR) is 70.9 cm³/mol. The average Bonchev–Trinajstić information content (AvgIpc) is 2.36. The fraction of sp³-hybridized carbons (Fsp3) is 0.0625. The van der Waals surface area contributed by atoms with Gasteiger partial charge >= 0.3 is 5.97 Å². The van der Waals surface area contributed by atoms with Gasteiger partial charge in [-0.05, 0) is 39.2 Å². The molecule has 0 amide bonds. The highest BCUT2D eigenvalue weighted by molar-refractivity contribution is 6.00. The number of fused-ring (bicyclic) bond motifs is 2. The topological polar surface area (TPSA) is 37.0 Å². The number of hydrogen-bond acceptors (Lipinski definition) is 1. The van der Waals surface area contributed by atoms with Crippen molar-refractivity contribution in [2.45, 2.75) is 6.42 Å². The zero-order chi connectivity index (χ0) is 12.5. The van der Waals surface area contributed by atoms with Crippen LogP contribution in [-0.4, -0.2) is 5.97 Å². The third-order valence-corrected chi connectivity index (χ3v) is 3.17. The molecule has 3 aromatic carbocycles. The Kier molecular flexibility index (Phi) is 2.49. The Morgan fingerprint density at radius 3 is 2.22 bits per heavy atom. The number of benzene rings is 3. The van der Waals surface area contributed by atoms with Crippen molar-refractivity contribution < 1.29 is 9.90 Å². The van der Waals surface area contributed by atoms with Crippen LogP contribution in [0, 0.1) is 0 Å². The Morgan fingerprint density at radius 2 is 1.50 bits per heavy atom. The van der Waals surface area contributed by atoms with Gasteiger partial charge in [-0.3, -0.25) is 0 Å². The zero-order valence-electron chi connectivity index (χ0n) is 9.72. The summed E-state index contributed by atoms with van der Waals surface area (Å²) in [6.07, 6.45) is -0.0460. The summed E-state index contributed by atoms with van der Waals surface area (Å²) in [6, 6.07) is 17.9. The summed E-state index contributed by atoms with van der Waals surface area (Å²) < 4.78 is 0. The molecule has 3 aromatic rings. The minimum atomic E-state index is -1.05. The molecule has 0 atom stereocenters. The molecule has 0 unspecified atom stereocenters. The monoisotopic (exact) mass is 235 g/mol. The van der Waals surface area contributed by atoms with E-state index in [2.05, 4.69) is 12.1 Å². The van der Waals surface area contributed by atoms with E-state index in [9.17, 15) is 9.90 Å². The first kappa shape index (κ1) is 10.8. The summed E-state index contributed by atoms with van der Waals surface area (Å²) in [5.74, 6) is -1.05. The Morgan fingerprint density at radius 1 is 0.833 bits per heavy atom. The van der Waals surface area contributed by atoms with Crippen LogP contribution in [0.4, 0.5) is 0 Å². The molecule has 0 spiro atoms. The molecule has 3 rings (SSSR count). The molecule has 2 nitrogen and oxygen atoms in total. The molecule has 0 saturated carbocycles. The van der Waals surface area contributed by atoms with Gasteiger partial charge in [-0.2, -0.15) is 0 Å². The fourth-order valence-corrected chi connectivity index (χ4v) is 2.34. The van der Waals surface area contributed by atoms with Crippen molar-refractivity contribution in [2.24, 2.45) is 0 Å². The van der Waals surface area contributed by atoms with Gasteiger partial charge in [0, 0.05) is 0 Å². The van der Waals surface area contributed by atoms with Gasteiger partial charge in [0.05, 0.1) is 6.42 Å². The van der Waals surface area contributed by atoms with Gasteiger partial charge < -0.3 is 0 Å². The zero-order valence-corrected chi connectivity index (χ0v) is 9.72. The number of carbonyl (C=O) groups is 1. The summed E-state index contributed by atoms with van der Waals surface area (Å²) in [6.45, 7) is 0. The molecule has 2 heteroatoms. The molecule has 18 heavy (non-hydrogen) atoms. The second kappa shape index (κ2) is 4.15. The lowest BCUT2D eigenvalue weighted by atomic mass is 9.98. The van der Waals surface area contributed by atoms with Crippen molar-refractivity contribution in [3.8, 4) is 0 Å². The maximum atomic E-state index is 10.8. The van der Waals surface area contributed by atoms with Crippen LogP contribution in [-0.2, 0) is 16.3 Å². The second-order valence-corrected chi connectivity index (χ2v) is 4.39. The first-order chi connectivity index (χ1) is 8.74. The van der Waals surface area contributed by atoms with Crippen molar-refractivity contribution in [3.63, 3.8) is 0 Å². The molecule has 0 saturated heterocycles. The van der Waals surface area contributed by atoms with Crippen LogP contribution in [0.5, 0.6) is 0 Å². The highest BCUT2D eigenvalue weighted by atomic mass is 16.4. The van der Waals surface area contributed by atoms with Crippen LogP contribution in [0.2, 0.25) is 0 Å². The van der Waals surface area contributed by atoms with E-state index in [1.165, 1.54) is 0 Å². The standard InChI is InChI=1S/C16H11O2/c17-16(18)10-14-7-3-6-13-8-11-4-1-2-5-12(11)9-15(13)14/h1-9H,10H2. The number of hydrogen-bond donors (Lipinski definition) is 0. The average molecular weight is 235 g/mol. The molecule has 0 aliphatic carbocycles. The third kappa shape index (κ3) is 1.82. The van der Waals surface area contributed by atoms with E-state index in [1.54, 1.807) is 0 Å². The van der Waals surface area contributed by atoms with E-state index in [0.717, 1.165) is 27.1 Å². The van der Waals surface area contributed by atoms with Crippen LogP contribution >= 0.6 is 0 Å². The first-order valence-electron chi connectivity index (χ1n) is 5.84. The third-order valence-electron chi connectivity index (χ3n) is 3.17. The maximum Gasteiger partial charge on any atom is 0.359 e. The van der Waals surface area contributed by atoms with Crippen molar-refractivity contribution in [1.29, 1.82) is 0 Å². The van der Waals surface area contributed by atoms with Crippen LogP contribution in [0.25, 0.3) is 21.5 Å². The van der Waals surface area contributed by atoms with E-state index >= 15 is 0 Å². The summed E-state index contributed by atoms with van der Waals surface area (Å²) in [4.78, 5) is 10.8. The summed E-state index contributed by atoms with van der Waals surface area (Å²) in [5, 5.41) is 15.1. The van der Waals surface area contributed by atoms with Gasteiger partial charge in [0.25, 0.3) is 0 Å². The fourth-order valence-electron chi connectivity index (χ4n) is 2.34. The number of carbonyl (C=O) groups excluding carboxylic acids is 1. The smallest absolute Gasteiger partial charge is 0.247 e. The minimum Gasteiger partial charge on any atom is -0.247 e. The highest BCUT2D eigenvalue weighted by Crippen LogP contribution is 2.25. The van der Waals surface area contributed by atoms with Crippen LogP contribution in [0.1, 0.15) is 5.56 Å². The molecule has 1 radical (unpaired) electrons. The molecule has 0 heterocycles. The van der Waals surface area contributed by atoms with Crippen molar-refractivity contribution >= 4 is 27.5 Å². The summed E-state index contributed by atoms with van der Waals surface area (Å²) >= 11 is 0. The van der Waals surface area contributed by atoms with Gasteiger partial charge in [0.2, 0.25) is 0 Å². The van der Waals surface area contributed by atoms with Crippen LogP contribution in [0.3, 0.4) is 0 Å². The second-order valence-electron chi connectivity index (χ2n) is 4.39. The number of rotatable bonds is 2. The van der Waals surface area contributed by atoms with E-state index < -0.39 is 5.97 Å². The van der Waals surface area contributed by atoms with E-state index in [1.807, 2.05) is 42.5 Å². The largest absolute Gasteiger partial charge is 0.359 e. The lowest BCUT2D eigenvalue weighted by Crippen LogP contribution is -1.98. The molecule has 0 aromatic heterocycles. The quantitative estimate of drug-likeness (QED) is 0.626. The molecule has 0 bridgehead atoms. The van der Waals surface area contributed by atoms with Gasteiger partial charge in [-0.25, -0.2) is 9.90 Å². The predicted octanol–water partition coefficient (Wildman–Crippen LogP) is 3.49. The van der Waals surface area contributed by atoms with Crippen LogP contribution < -0.4 is 0 Å². The summed E-state index contributed by atoms with van der Waals surface area (Å²) in [5.41, 5.74) is 0.804. The van der Waals surface area contributed by atoms with Gasteiger partial charge in [0.15, 0.2) is 0 Å². The van der Waals surface area contributed by atoms with Gasteiger partial charge in [0.1, 0.15) is 0 Å². The molecule has 0 fully saturated rings. The van der Waals surface area contributed by atoms with Crippen molar-refractivity contribution in [3.05, 3.63) is 60.2 Å². The van der Waals surface area contributed by atoms with Gasteiger partial charge in [-0.15, -0.1) is 0 Å². The maximum absolute atomic E-state index is 10.8. The normalized spacial score (nSPS) is 10.9. The first-order valence-corrected chi connectivity index (χ1v) is 5.84. The Hall–Kier alpha value is -2.35.